The summed E-state index contributed by atoms with van der Waals surface area (Å²) >= 11 is 12.3. The van der Waals surface area contributed by atoms with E-state index in [1.165, 1.54) is 12.1 Å². The molecule has 0 aliphatic rings. The number of rotatable bonds is 3. The Morgan fingerprint density at radius 3 is 2.21 bits per heavy atom. The zero-order valence-electron chi connectivity index (χ0n) is 9.41. The third kappa shape index (κ3) is 3.53. The van der Waals surface area contributed by atoms with Gasteiger partial charge in [0.15, 0.2) is 0 Å². The molecule has 0 unspecified atom stereocenters. The highest BCUT2D eigenvalue weighted by atomic mass is 35.5. The van der Waals surface area contributed by atoms with E-state index in [1.54, 1.807) is 24.3 Å². The van der Waals surface area contributed by atoms with Gasteiger partial charge < -0.3 is 5.11 Å². The van der Waals surface area contributed by atoms with Crippen LogP contribution in [0.25, 0.3) is 11.1 Å². The zero-order valence-corrected chi connectivity index (χ0v) is 11.7. The van der Waals surface area contributed by atoms with Crippen LogP contribution in [0.1, 0.15) is 0 Å². The summed E-state index contributed by atoms with van der Waals surface area (Å²) in [5.74, 6) is -2.54. The highest BCUT2D eigenvalue weighted by Gasteiger charge is 2.10. The van der Waals surface area contributed by atoms with Gasteiger partial charge in [-0.15, -0.1) is 0 Å². The van der Waals surface area contributed by atoms with Crippen LogP contribution in [0.5, 0.6) is 5.75 Å². The Kier molecular flexibility index (Phi) is 4.55. The molecule has 1 N–H and O–H groups in total. The highest BCUT2D eigenvalue weighted by Crippen LogP contribution is 2.37. The topological polar surface area (TPSA) is 20.2 Å². The predicted molar refractivity (Wildman–Crippen MR) is 75.4 cm³/mol. The summed E-state index contributed by atoms with van der Waals surface area (Å²) in [5.41, 5.74) is 1.38. The molecule has 0 spiro atoms. The number of phenolic OH excluding ortho intramolecular Hbond substituents is 1. The van der Waals surface area contributed by atoms with Crippen LogP contribution in [0, 0.1) is 0 Å². The van der Waals surface area contributed by atoms with Gasteiger partial charge in [0.25, 0.3) is 5.76 Å². The lowest BCUT2D eigenvalue weighted by atomic mass is 10.1. The molecule has 0 atom stereocenters. The van der Waals surface area contributed by atoms with E-state index in [2.05, 4.69) is 0 Å². The number of aromatic hydroxyl groups is 1. The first-order valence-electron chi connectivity index (χ1n) is 5.20. The number of thioether (sulfide) groups is 1. The van der Waals surface area contributed by atoms with Gasteiger partial charge in [-0.05, 0) is 23.8 Å². The predicted octanol–water partition coefficient (Wildman–Crippen LogP) is 5.68. The molecule has 1 nitrogen and oxygen atoms in total. The molecule has 0 fully saturated rings. The Hall–Kier alpha value is -0.970. The maximum Gasteiger partial charge on any atom is 0.288 e. The molecular weight excluding hydrogens is 313 g/mol. The van der Waals surface area contributed by atoms with Gasteiger partial charge in [-0.2, -0.15) is 8.78 Å². The van der Waals surface area contributed by atoms with Crippen molar-refractivity contribution in [3.05, 3.63) is 46.4 Å². The normalized spacial score (nSPS) is 11.0. The molecule has 2 rings (SSSR count). The first kappa shape index (κ1) is 14.4. The highest BCUT2D eigenvalue weighted by molar-refractivity contribution is 7.99. The number of alkyl halides is 2. The molecule has 2 aromatic rings. The van der Waals surface area contributed by atoms with E-state index >= 15 is 0 Å². The molecule has 0 heterocycles. The van der Waals surface area contributed by atoms with Gasteiger partial charge in [0.2, 0.25) is 0 Å². The van der Waals surface area contributed by atoms with Crippen molar-refractivity contribution >= 4 is 35.0 Å². The number of hydrogen-bond acceptors (Lipinski definition) is 2. The lowest BCUT2D eigenvalue weighted by molar-refractivity contribution is 0.252. The minimum Gasteiger partial charge on any atom is -0.506 e. The SMILES string of the molecule is Oc1cc(Cl)c(-c2ccc(SC(F)F)cc2)cc1Cl. The Bertz CT molecular complexity index is 588. The van der Waals surface area contributed by atoms with Crippen LogP contribution in [0.4, 0.5) is 8.78 Å². The van der Waals surface area contributed by atoms with Crippen LogP contribution in [0.15, 0.2) is 41.3 Å². The van der Waals surface area contributed by atoms with Crippen molar-refractivity contribution in [1.29, 1.82) is 0 Å². The Morgan fingerprint density at radius 2 is 1.63 bits per heavy atom. The van der Waals surface area contributed by atoms with Crippen LogP contribution in [-0.2, 0) is 0 Å². The van der Waals surface area contributed by atoms with E-state index < -0.39 is 5.76 Å². The molecule has 6 heteroatoms. The number of hydrogen-bond donors (Lipinski definition) is 1. The standard InChI is InChI=1S/C13H8Cl2F2OS/c14-10-6-12(18)11(15)5-9(10)7-1-3-8(4-2-7)19-13(16)17/h1-6,13,18H. The number of phenols is 1. The lowest BCUT2D eigenvalue weighted by Crippen LogP contribution is -1.84. The molecule has 0 aliphatic carbocycles. The first-order valence-corrected chi connectivity index (χ1v) is 6.84. The molecule has 0 saturated heterocycles. The van der Waals surface area contributed by atoms with Crippen LogP contribution >= 0.6 is 35.0 Å². The first-order chi connectivity index (χ1) is 8.97. The summed E-state index contributed by atoms with van der Waals surface area (Å²) in [5, 5.41) is 9.94. The summed E-state index contributed by atoms with van der Waals surface area (Å²) in [7, 11) is 0. The van der Waals surface area contributed by atoms with E-state index in [-0.39, 0.29) is 10.8 Å². The molecule has 0 aromatic heterocycles. The van der Waals surface area contributed by atoms with Gasteiger partial charge in [0.05, 0.1) is 10.0 Å². The van der Waals surface area contributed by atoms with Crippen molar-refractivity contribution in [1.82, 2.24) is 0 Å². The van der Waals surface area contributed by atoms with Crippen molar-refractivity contribution in [2.75, 3.05) is 0 Å². The molecule has 0 radical (unpaired) electrons. The lowest BCUT2D eigenvalue weighted by Gasteiger charge is -2.08. The van der Waals surface area contributed by atoms with E-state index in [0.29, 0.717) is 27.2 Å². The van der Waals surface area contributed by atoms with Crippen LogP contribution < -0.4 is 0 Å². The fourth-order valence-corrected chi connectivity index (χ4v) is 2.50. The molecule has 2 aromatic carbocycles. The summed E-state index contributed by atoms with van der Waals surface area (Å²) in [6, 6.07) is 9.42. The van der Waals surface area contributed by atoms with E-state index in [9.17, 15) is 13.9 Å². The van der Waals surface area contributed by atoms with Crippen LogP contribution in [0.3, 0.4) is 0 Å². The third-order valence-electron chi connectivity index (χ3n) is 2.43. The molecule has 0 bridgehead atoms. The molecule has 100 valence electrons. The second kappa shape index (κ2) is 5.99. The molecular formula is C13H8Cl2F2OS. The summed E-state index contributed by atoms with van der Waals surface area (Å²) in [6.07, 6.45) is 0. The molecule has 0 aliphatic heterocycles. The average Bonchev–Trinajstić information content (AvgIpc) is 2.34. The van der Waals surface area contributed by atoms with Crippen molar-refractivity contribution in [3.63, 3.8) is 0 Å². The van der Waals surface area contributed by atoms with E-state index in [4.69, 9.17) is 23.2 Å². The average molecular weight is 321 g/mol. The fraction of sp³-hybridized carbons (Fsp3) is 0.0769. The third-order valence-corrected chi connectivity index (χ3v) is 3.76. The van der Waals surface area contributed by atoms with Crippen molar-refractivity contribution < 1.29 is 13.9 Å². The quantitative estimate of drug-likeness (QED) is 0.734. The summed E-state index contributed by atoms with van der Waals surface area (Å²) < 4.78 is 24.4. The molecule has 19 heavy (non-hydrogen) atoms. The zero-order chi connectivity index (χ0) is 14.0. The van der Waals surface area contributed by atoms with Gasteiger partial charge in [-0.3, -0.25) is 0 Å². The second-order valence-corrected chi connectivity index (χ2v) is 5.56. The maximum atomic E-state index is 12.2. The fourth-order valence-electron chi connectivity index (χ4n) is 1.57. The van der Waals surface area contributed by atoms with E-state index in [0.717, 1.165) is 5.56 Å². The second-order valence-electron chi connectivity index (χ2n) is 3.69. The van der Waals surface area contributed by atoms with Crippen LogP contribution in [-0.4, -0.2) is 10.9 Å². The maximum absolute atomic E-state index is 12.2. The van der Waals surface area contributed by atoms with Crippen molar-refractivity contribution in [3.8, 4) is 16.9 Å². The van der Waals surface area contributed by atoms with Gasteiger partial charge in [0.1, 0.15) is 5.75 Å². The van der Waals surface area contributed by atoms with E-state index in [1.807, 2.05) is 0 Å². The Labute approximate surface area is 123 Å². The largest absolute Gasteiger partial charge is 0.506 e. The summed E-state index contributed by atoms with van der Waals surface area (Å²) in [6.45, 7) is 0. The van der Waals surface area contributed by atoms with Crippen LogP contribution in [0.2, 0.25) is 10.0 Å². The molecule has 0 saturated carbocycles. The monoisotopic (exact) mass is 320 g/mol. The Balaban J connectivity index is 2.34. The minimum atomic E-state index is -2.45. The minimum absolute atomic E-state index is 0.0970. The number of halogens is 4. The van der Waals surface area contributed by atoms with Gasteiger partial charge >= 0.3 is 0 Å². The van der Waals surface area contributed by atoms with Gasteiger partial charge in [0, 0.05) is 16.5 Å². The smallest absolute Gasteiger partial charge is 0.288 e. The number of benzene rings is 2. The van der Waals surface area contributed by atoms with Crippen molar-refractivity contribution in [2.24, 2.45) is 0 Å². The van der Waals surface area contributed by atoms with Gasteiger partial charge in [-0.1, -0.05) is 47.1 Å². The Morgan fingerprint density at radius 1 is 1.00 bits per heavy atom. The van der Waals surface area contributed by atoms with Gasteiger partial charge in [-0.25, -0.2) is 0 Å². The molecule has 0 amide bonds. The summed E-state index contributed by atoms with van der Waals surface area (Å²) in [4.78, 5) is 0.472. The van der Waals surface area contributed by atoms with Crippen molar-refractivity contribution in [2.45, 2.75) is 10.7 Å².